The van der Waals surface area contributed by atoms with Crippen LogP contribution in [0.1, 0.15) is 59.3 Å². The highest BCUT2D eigenvalue weighted by Gasteiger charge is 2.40. The van der Waals surface area contributed by atoms with E-state index in [1.807, 2.05) is 25.7 Å². The van der Waals surface area contributed by atoms with Gasteiger partial charge in [-0.25, -0.2) is 4.79 Å². The lowest BCUT2D eigenvalue weighted by atomic mass is 9.75. The average Bonchev–Trinajstić information content (AvgIpc) is 2.82. The molecule has 2 unspecified atom stereocenters. The van der Waals surface area contributed by atoms with Gasteiger partial charge in [-0.05, 0) is 51.5 Å². The van der Waals surface area contributed by atoms with Gasteiger partial charge in [0.2, 0.25) is 0 Å². The number of nitrogens with zero attached hydrogens (tertiary/aromatic N) is 1. The predicted octanol–water partition coefficient (Wildman–Crippen LogP) is 3.40. The first kappa shape index (κ1) is 16.6. The lowest BCUT2D eigenvalue weighted by Crippen LogP contribution is -2.36. The summed E-state index contributed by atoms with van der Waals surface area (Å²) in [7, 11) is 0. The summed E-state index contributed by atoms with van der Waals surface area (Å²) >= 11 is 0. The summed E-state index contributed by atoms with van der Waals surface area (Å²) in [5.74, 6) is 1.97. The molecule has 1 amide bonds. The molecular formula is C17H32N2O2. The SMILES string of the molecule is CC(C)(C)OC(=O)N1CC(CCN)C(C2CCCCC2)C1. The van der Waals surface area contributed by atoms with Crippen molar-refractivity contribution in [3.05, 3.63) is 0 Å². The second kappa shape index (κ2) is 6.99. The van der Waals surface area contributed by atoms with Crippen molar-refractivity contribution in [1.82, 2.24) is 4.90 Å². The van der Waals surface area contributed by atoms with Gasteiger partial charge >= 0.3 is 6.09 Å². The first-order valence-electron chi connectivity index (χ1n) is 8.58. The summed E-state index contributed by atoms with van der Waals surface area (Å²) < 4.78 is 5.54. The molecule has 0 radical (unpaired) electrons. The van der Waals surface area contributed by atoms with Crippen molar-refractivity contribution in [2.45, 2.75) is 64.9 Å². The maximum absolute atomic E-state index is 12.3. The normalized spacial score (nSPS) is 27.9. The Balaban J connectivity index is 1.98. The van der Waals surface area contributed by atoms with Crippen molar-refractivity contribution >= 4 is 6.09 Å². The lowest BCUT2D eigenvalue weighted by molar-refractivity contribution is 0.0279. The van der Waals surface area contributed by atoms with Gasteiger partial charge in [-0.15, -0.1) is 0 Å². The van der Waals surface area contributed by atoms with Crippen LogP contribution in [0.25, 0.3) is 0 Å². The molecule has 4 heteroatoms. The van der Waals surface area contributed by atoms with Crippen LogP contribution in [0, 0.1) is 17.8 Å². The van der Waals surface area contributed by atoms with Crippen LogP contribution in [-0.4, -0.2) is 36.2 Å². The van der Waals surface area contributed by atoms with Crippen molar-refractivity contribution < 1.29 is 9.53 Å². The maximum Gasteiger partial charge on any atom is 0.410 e. The highest BCUT2D eigenvalue weighted by atomic mass is 16.6. The van der Waals surface area contributed by atoms with Crippen molar-refractivity contribution in [2.24, 2.45) is 23.5 Å². The molecule has 1 aliphatic carbocycles. The fourth-order valence-electron chi connectivity index (χ4n) is 3.99. The number of rotatable bonds is 3. The average molecular weight is 296 g/mol. The molecule has 1 heterocycles. The van der Waals surface area contributed by atoms with Gasteiger partial charge in [-0.1, -0.05) is 32.1 Å². The molecule has 2 N–H and O–H groups in total. The predicted molar refractivity (Wildman–Crippen MR) is 85.0 cm³/mol. The van der Waals surface area contributed by atoms with Crippen LogP contribution in [0.4, 0.5) is 4.79 Å². The number of ether oxygens (including phenoxy) is 1. The molecule has 1 saturated heterocycles. The zero-order valence-corrected chi connectivity index (χ0v) is 13.9. The standard InChI is InChI=1S/C17H32N2O2/c1-17(2,3)21-16(20)19-11-14(9-10-18)15(12-19)13-7-5-4-6-8-13/h13-15H,4-12,18H2,1-3H3. The molecule has 2 aliphatic rings. The molecule has 2 fully saturated rings. The molecule has 2 atom stereocenters. The molecule has 21 heavy (non-hydrogen) atoms. The summed E-state index contributed by atoms with van der Waals surface area (Å²) in [5.41, 5.74) is 5.38. The summed E-state index contributed by atoms with van der Waals surface area (Å²) in [6.45, 7) is 8.19. The molecule has 0 aromatic carbocycles. The van der Waals surface area contributed by atoms with Gasteiger partial charge in [0.05, 0.1) is 0 Å². The van der Waals surface area contributed by atoms with Crippen LogP contribution in [0.3, 0.4) is 0 Å². The van der Waals surface area contributed by atoms with E-state index >= 15 is 0 Å². The molecule has 1 saturated carbocycles. The Hall–Kier alpha value is -0.770. The van der Waals surface area contributed by atoms with Crippen molar-refractivity contribution in [1.29, 1.82) is 0 Å². The third-order valence-corrected chi connectivity index (χ3v) is 4.94. The molecule has 0 spiro atoms. The molecule has 2 rings (SSSR count). The van der Waals surface area contributed by atoms with Gasteiger partial charge in [0, 0.05) is 13.1 Å². The second-order valence-electron chi connectivity index (χ2n) is 7.78. The van der Waals surface area contributed by atoms with Crippen LogP contribution in [0.5, 0.6) is 0 Å². The molecule has 122 valence electrons. The van der Waals surface area contributed by atoms with Crippen LogP contribution in [0.2, 0.25) is 0 Å². The Bertz CT molecular complexity index is 345. The Labute approximate surface area is 129 Å². The van der Waals surface area contributed by atoms with Gasteiger partial charge < -0.3 is 15.4 Å². The minimum Gasteiger partial charge on any atom is -0.444 e. The van der Waals surface area contributed by atoms with Gasteiger partial charge in [-0.3, -0.25) is 0 Å². The number of nitrogens with two attached hydrogens (primary N) is 1. The summed E-state index contributed by atoms with van der Waals surface area (Å²) in [4.78, 5) is 14.2. The third-order valence-electron chi connectivity index (χ3n) is 4.94. The van der Waals surface area contributed by atoms with Crippen molar-refractivity contribution in [2.75, 3.05) is 19.6 Å². The summed E-state index contributed by atoms with van der Waals surface area (Å²) in [5, 5.41) is 0. The second-order valence-corrected chi connectivity index (χ2v) is 7.78. The van der Waals surface area contributed by atoms with Gasteiger partial charge in [0.1, 0.15) is 5.60 Å². The topological polar surface area (TPSA) is 55.6 Å². The van der Waals surface area contributed by atoms with Crippen LogP contribution >= 0.6 is 0 Å². The van der Waals surface area contributed by atoms with E-state index in [0.29, 0.717) is 11.8 Å². The number of likely N-dealkylation sites (tertiary alicyclic amines) is 1. The maximum atomic E-state index is 12.3. The van der Waals surface area contributed by atoms with Crippen LogP contribution in [0.15, 0.2) is 0 Å². The van der Waals surface area contributed by atoms with E-state index in [2.05, 4.69) is 0 Å². The molecule has 0 bridgehead atoms. The van der Waals surface area contributed by atoms with E-state index in [-0.39, 0.29) is 6.09 Å². The Kier molecular flexibility index (Phi) is 5.53. The highest BCUT2D eigenvalue weighted by Crippen LogP contribution is 2.39. The van der Waals surface area contributed by atoms with Gasteiger partial charge in [0.15, 0.2) is 0 Å². The zero-order chi connectivity index (χ0) is 15.5. The summed E-state index contributed by atoms with van der Waals surface area (Å²) in [6, 6.07) is 0. The minimum absolute atomic E-state index is 0.150. The smallest absolute Gasteiger partial charge is 0.410 e. The number of carbonyl (C=O) groups excluding carboxylic acids is 1. The van der Waals surface area contributed by atoms with E-state index in [1.165, 1.54) is 32.1 Å². The lowest BCUT2D eigenvalue weighted by Gasteiger charge is -2.30. The first-order valence-corrected chi connectivity index (χ1v) is 8.58. The Morgan fingerprint density at radius 1 is 1.19 bits per heavy atom. The Morgan fingerprint density at radius 3 is 2.43 bits per heavy atom. The molecule has 0 aromatic rings. The van der Waals surface area contributed by atoms with Crippen LogP contribution < -0.4 is 5.73 Å². The quantitative estimate of drug-likeness (QED) is 0.868. The van der Waals surface area contributed by atoms with Crippen LogP contribution in [-0.2, 0) is 4.74 Å². The van der Waals surface area contributed by atoms with E-state index < -0.39 is 5.60 Å². The first-order chi connectivity index (χ1) is 9.90. The molecule has 4 nitrogen and oxygen atoms in total. The highest BCUT2D eigenvalue weighted by molar-refractivity contribution is 5.68. The fourth-order valence-corrected chi connectivity index (χ4v) is 3.99. The number of amides is 1. The fraction of sp³-hybridized carbons (Fsp3) is 0.941. The minimum atomic E-state index is -0.413. The number of hydrogen-bond donors (Lipinski definition) is 1. The molecule has 0 aromatic heterocycles. The molecule has 1 aliphatic heterocycles. The zero-order valence-electron chi connectivity index (χ0n) is 13.9. The third kappa shape index (κ3) is 4.60. The number of carbonyl (C=O) groups is 1. The monoisotopic (exact) mass is 296 g/mol. The van der Waals surface area contributed by atoms with Crippen molar-refractivity contribution in [3.8, 4) is 0 Å². The largest absolute Gasteiger partial charge is 0.444 e. The van der Waals surface area contributed by atoms with Gasteiger partial charge in [-0.2, -0.15) is 0 Å². The summed E-state index contributed by atoms with van der Waals surface area (Å²) in [6.07, 6.45) is 7.61. The number of hydrogen-bond acceptors (Lipinski definition) is 3. The van der Waals surface area contributed by atoms with Gasteiger partial charge in [0.25, 0.3) is 0 Å². The van der Waals surface area contributed by atoms with E-state index in [4.69, 9.17) is 10.5 Å². The van der Waals surface area contributed by atoms with E-state index in [9.17, 15) is 4.79 Å². The molecular weight excluding hydrogens is 264 g/mol. The van der Waals surface area contributed by atoms with E-state index in [1.54, 1.807) is 0 Å². The van der Waals surface area contributed by atoms with E-state index in [0.717, 1.165) is 32.0 Å². The van der Waals surface area contributed by atoms with Crippen molar-refractivity contribution in [3.63, 3.8) is 0 Å². The Morgan fingerprint density at radius 2 is 1.86 bits per heavy atom.